The Morgan fingerprint density at radius 1 is 0.833 bits per heavy atom. The highest BCUT2D eigenvalue weighted by Gasteiger charge is 2.64. The summed E-state index contributed by atoms with van der Waals surface area (Å²) in [5.74, 6) is -4.41. The van der Waals surface area contributed by atoms with E-state index in [1.165, 1.54) is 0 Å². The number of ether oxygens (including phenoxy) is 5. The van der Waals surface area contributed by atoms with Crippen LogP contribution in [0.25, 0.3) is 0 Å². The normalized spacial score (nSPS) is 27.0. The van der Waals surface area contributed by atoms with Crippen molar-refractivity contribution in [1.29, 1.82) is 0 Å². The smallest absolute Gasteiger partial charge is 0.463 e. The number of hydrogen-bond donors (Lipinski definition) is 0. The minimum Gasteiger partial charge on any atom is -0.463 e. The fourth-order valence-electron chi connectivity index (χ4n) is 2.61. The molecule has 15 heteroatoms. The van der Waals surface area contributed by atoms with E-state index >= 15 is 0 Å². The Kier molecular flexibility index (Phi) is 8.19. The third kappa shape index (κ3) is 6.29. The molecule has 0 amide bonds. The van der Waals surface area contributed by atoms with Crippen molar-refractivity contribution in [2.24, 2.45) is 0 Å². The van der Waals surface area contributed by atoms with E-state index in [2.05, 4.69) is 9.47 Å². The predicted molar refractivity (Wildman–Crippen MR) is 86.9 cm³/mol. The minimum atomic E-state index is -6.19. The molecule has 1 heterocycles. The predicted octanol–water partition coefficient (Wildman–Crippen LogP) is 0.00410. The molecule has 172 valence electrons. The molecule has 0 aromatic carbocycles. The summed E-state index contributed by atoms with van der Waals surface area (Å²) in [7, 11) is -6.19. The summed E-state index contributed by atoms with van der Waals surface area (Å²) in [4.78, 5) is 45.4. The molecule has 0 N–H and O–H groups in total. The highest BCUT2D eigenvalue weighted by molar-refractivity contribution is 7.93. The van der Waals surface area contributed by atoms with E-state index in [9.17, 15) is 40.8 Å². The molecule has 1 rings (SSSR count). The Labute approximate surface area is 168 Å². The van der Waals surface area contributed by atoms with E-state index in [1.807, 2.05) is 0 Å². The van der Waals surface area contributed by atoms with Gasteiger partial charge in [0.2, 0.25) is 6.29 Å². The van der Waals surface area contributed by atoms with Crippen LogP contribution in [0.1, 0.15) is 27.7 Å². The van der Waals surface area contributed by atoms with Crippen molar-refractivity contribution in [2.45, 2.75) is 63.1 Å². The maximum atomic E-state index is 13.3. The summed E-state index contributed by atoms with van der Waals surface area (Å²) < 4.78 is 88.1. The van der Waals surface area contributed by atoms with Crippen LogP contribution in [-0.4, -0.2) is 74.3 Å². The first-order valence-electron chi connectivity index (χ1n) is 8.18. The fourth-order valence-corrected chi connectivity index (χ4v) is 3.89. The molecule has 0 aromatic rings. The topological polar surface area (TPSA) is 149 Å². The van der Waals surface area contributed by atoms with Crippen LogP contribution in [0.4, 0.5) is 13.2 Å². The zero-order valence-corrected chi connectivity index (χ0v) is 16.9. The van der Waals surface area contributed by atoms with Crippen LogP contribution < -0.4 is 0 Å². The first kappa shape index (κ1) is 25.6. The maximum absolute atomic E-state index is 13.3. The van der Waals surface area contributed by atoms with Gasteiger partial charge in [-0.2, -0.15) is 13.2 Å². The first-order chi connectivity index (χ1) is 13.6. The van der Waals surface area contributed by atoms with Crippen LogP contribution in [0, 0.1) is 0 Å². The Morgan fingerprint density at radius 2 is 1.30 bits per heavy atom. The molecule has 0 saturated carbocycles. The van der Waals surface area contributed by atoms with E-state index in [0.29, 0.717) is 0 Å². The standard InChI is InChI=1S/C15H19F3O11S/c1-6(19)25-5-10-11(26-7(2)20)12(27-8(3)21)13(14(29-10)28-9(4)22)30(23,24)15(16,17)18/h10-14H,5H2,1-4H3/t10-,11-,12+,13-,14+/m1/s1. The maximum Gasteiger partial charge on any atom is 0.498 e. The zero-order valence-electron chi connectivity index (χ0n) is 16.1. The van der Waals surface area contributed by atoms with Gasteiger partial charge in [0.25, 0.3) is 9.84 Å². The average Bonchev–Trinajstić information content (AvgIpc) is 2.52. The fraction of sp³-hybridized carbons (Fsp3) is 0.733. The second kappa shape index (κ2) is 9.59. The Morgan fingerprint density at radius 3 is 1.70 bits per heavy atom. The molecular weight excluding hydrogens is 445 g/mol. The lowest BCUT2D eigenvalue weighted by atomic mass is 10.0. The molecular formula is C15H19F3O11S. The number of esters is 4. The molecule has 0 radical (unpaired) electrons. The SMILES string of the molecule is CC(=O)OC[C@H]1O[C@H](OC(C)=O)[C@H](S(=O)(=O)C(F)(F)F)[C@@H](OC(C)=O)[C@@H]1OC(C)=O. The van der Waals surface area contributed by atoms with E-state index in [-0.39, 0.29) is 0 Å². The monoisotopic (exact) mass is 464 g/mol. The van der Waals surface area contributed by atoms with Gasteiger partial charge in [0.1, 0.15) is 12.7 Å². The van der Waals surface area contributed by atoms with Crippen LogP contribution >= 0.6 is 0 Å². The Balaban J connectivity index is 3.61. The van der Waals surface area contributed by atoms with Crippen molar-refractivity contribution >= 4 is 33.7 Å². The van der Waals surface area contributed by atoms with E-state index in [1.54, 1.807) is 0 Å². The van der Waals surface area contributed by atoms with Crippen molar-refractivity contribution in [3.8, 4) is 0 Å². The summed E-state index contributed by atoms with van der Waals surface area (Å²) in [6.45, 7) is 2.61. The second-order valence-electron chi connectivity index (χ2n) is 6.06. The number of halogens is 3. The summed E-state index contributed by atoms with van der Waals surface area (Å²) in [5.41, 5.74) is -5.87. The van der Waals surface area contributed by atoms with Gasteiger partial charge in [0.05, 0.1) is 0 Å². The molecule has 11 nitrogen and oxygen atoms in total. The Bertz CT molecular complexity index is 792. The van der Waals surface area contributed by atoms with Gasteiger partial charge >= 0.3 is 29.4 Å². The third-order valence-electron chi connectivity index (χ3n) is 3.61. The molecule has 1 aliphatic heterocycles. The number of alkyl halides is 3. The molecule has 1 saturated heterocycles. The molecule has 1 aliphatic rings. The van der Waals surface area contributed by atoms with Crippen molar-refractivity contribution in [2.75, 3.05) is 6.61 Å². The van der Waals surface area contributed by atoms with Crippen LogP contribution in [0.15, 0.2) is 0 Å². The van der Waals surface area contributed by atoms with Gasteiger partial charge in [-0.3, -0.25) is 19.2 Å². The van der Waals surface area contributed by atoms with Gasteiger partial charge in [-0.25, -0.2) is 8.42 Å². The quantitative estimate of drug-likeness (QED) is 0.386. The van der Waals surface area contributed by atoms with Crippen LogP contribution in [-0.2, 0) is 52.7 Å². The van der Waals surface area contributed by atoms with Crippen molar-refractivity contribution < 1.29 is 64.5 Å². The van der Waals surface area contributed by atoms with Gasteiger partial charge in [0.15, 0.2) is 17.5 Å². The summed E-state index contributed by atoms with van der Waals surface area (Å²) in [6, 6.07) is 0. The van der Waals surface area contributed by atoms with Crippen LogP contribution in [0.3, 0.4) is 0 Å². The second-order valence-corrected chi connectivity index (χ2v) is 8.16. The largest absolute Gasteiger partial charge is 0.498 e. The summed E-state index contributed by atoms with van der Waals surface area (Å²) >= 11 is 0. The number of carbonyl (C=O) groups excluding carboxylic acids is 4. The molecule has 30 heavy (non-hydrogen) atoms. The van der Waals surface area contributed by atoms with E-state index < -0.39 is 75.7 Å². The molecule has 5 atom stereocenters. The lowest BCUT2D eigenvalue weighted by Gasteiger charge is -2.43. The molecule has 0 aromatic heterocycles. The van der Waals surface area contributed by atoms with E-state index in [0.717, 1.165) is 27.7 Å². The number of carbonyl (C=O) groups is 4. The minimum absolute atomic E-state index is 0.748. The molecule has 1 fully saturated rings. The van der Waals surface area contributed by atoms with Gasteiger partial charge in [-0.05, 0) is 0 Å². The van der Waals surface area contributed by atoms with E-state index in [4.69, 9.17) is 14.2 Å². The van der Waals surface area contributed by atoms with Gasteiger partial charge in [0, 0.05) is 27.7 Å². The number of rotatable bonds is 6. The van der Waals surface area contributed by atoms with Crippen LogP contribution in [0.2, 0.25) is 0 Å². The third-order valence-corrected chi connectivity index (χ3v) is 5.46. The van der Waals surface area contributed by atoms with Gasteiger partial charge < -0.3 is 23.7 Å². The van der Waals surface area contributed by atoms with Gasteiger partial charge in [-0.15, -0.1) is 0 Å². The van der Waals surface area contributed by atoms with Crippen molar-refractivity contribution in [3.05, 3.63) is 0 Å². The lowest BCUT2D eigenvalue weighted by Crippen LogP contribution is -2.65. The van der Waals surface area contributed by atoms with Gasteiger partial charge in [-0.1, -0.05) is 0 Å². The zero-order chi connectivity index (χ0) is 23.4. The first-order valence-corrected chi connectivity index (χ1v) is 9.73. The highest BCUT2D eigenvalue weighted by Crippen LogP contribution is 2.38. The summed E-state index contributed by atoms with van der Waals surface area (Å²) in [5, 5.41) is -2.83. The van der Waals surface area contributed by atoms with Crippen molar-refractivity contribution in [1.82, 2.24) is 0 Å². The summed E-state index contributed by atoms with van der Waals surface area (Å²) in [6.07, 6.45) is -8.31. The van der Waals surface area contributed by atoms with Crippen molar-refractivity contribution in [3.63, 3.8) is 0 Å². The highest BCUT2D eigenvalue weighted by atomic mass is 32.2. The average molecular weight is 464 g/mol. The Hall–Kier alpha value is -2.42. The van der Waals surface area contributed by atoms with Crippen LogP contribution in [0.5, 0.6) is 0 Å². The number of sulfone groups is 1. The molecule has 0 aliphatic carbocycles. The number of hydrogen-bond acceptors (Lipinski definition) is 11. The molecule has 0 unspecified atom stereocenters. The molecule has 0 spiro atoms. The lowest BCUT2D eigenvalue weighted by molar-refractivity contribution is -0.258. The molecule has 0 bridgehead atoms.